The molecule has 0 spiro atoms. The Morgan fingerprint density at radius 3 is 2.33 bits per heavy atom. The van der Waals surface area contributed by atoms with Gasteiger partial charge in [0.1, 0.15) is 10.8 Å². The summed E-state index contributed by atoms with van der Waals surface area (Å²) in [5.41, 5.74) is 6.61. The van der Waals surface area contributed by atoms with Crippen LogP contribution in [-0.4, -0.2) is 13.4 Å². The minimum Gasteiger partial charge on any atom is -0.389 e. The van der Waals surface area contributed by atoms with Crippen LogP contribution in [0, 0.1) is 5.82 Å². The van der Waals surface area contributed by atoms with Crippen molar-refractivity contribution in [2.45, 2.75) is 5.75 Å². The molecule has 0 bridgehead atoms. The van der Waals surface area contributed by atoms with E-state index in [1.54, 1.807) is 30.3 Å². The zero-order chi connectivity index (χ0) is 15.5. The first-order valence-corrected chi connectivity index (χ1v) is 8.07. The Hall–Kier alpha value is -1.99. The number of sulfonamides is 1. The van der Waals surface area contributed by atoms with Crippen LogP contribution in [0.2, 0.25) is 0 Å². The highest BCUT2D eigenvalue weighted by Gasteiger charge is 2.14. The predicted octanol–water partition coefficient (Wildman–Crippen LogP) is 2.40. The maximum atomic E-state index is 13.4. The summed E-state index contributed by atoms with van der Waals surface area (Å²) in [4.78, 5) is 0.244. The van der Waals surface area contributed by atoms with Crippen molar-refractivity contribution < 1.29 is 12.8 Å². The molecule has 0 saturated heterocycles. The van der Waals surface area contributed by atoms with E-state index in [1.807, 2.05) is 0 Å². The van der Waals surface area contributed by atoms with Crippen molar-refractivity contribution in [2.75, 3.05) is 4.72 Å². The fourth-order valence-electron chi connectivity index (χ4n) is 1.73. The van der Waals surface area contributed by atoms with Crippen LogP contribution in [0.15, 0.2) is 48.5 Å². The number of nitrogens with two attached hydrogens (primary N) is 1. The van der Waals surface area contributed by atoms with Gasteiger partial charge in [0.15, 0.2) is 0 Å². The highest BCUT2D eigenvalue weighted by molar-refractivity contribution is 7.91. The van der Waals surface area contributed by atoms with Gasteiger partial charge < -0.3 is 5.73 Å². The third-order valence-corrected chi connectivity index (χ3v) is 4.21. The first-order valence-electron chi connectivity index (χ1n) is 6.01. The number of benzene rings is 2. The van der Waals surface area contributed by atoms with Crippen molar-refractivity contribution in [3.63, 3.8) is 0 Å². The fraction of sp³-hybridized carbons (Fsp3) is 0.0714. The molecule has 0 heterocycles. The van der Waals surface area contributed by atoms with Crippen LogP contribution in [0.1, 0.15) is 11.1 Å². The Bertz CT molecular complexity index is 759. The van der Waals surface area contributed by atoms with Gasteiger partial charge in [-0.3, -0.25) is 4.72 Å². The molecule has 2 rings (SSSR count). The summed E-state index contributed by atoms with van der Waals surface area (Å²) in [6.07, 6.45) is 0. The second kappa shape index (κ2) is 6.19. The van der Waals surface area contributed by atoms with Gasteiger partial charge >= 0.3 is 0 Å². The van der Waals surface area contributed by atoms with E-state index in [-0.39, 0.29) is 16.4 Å². The van der Waals surface area contributed by atoms with E-state index in [2.05, 4.69) is 4.72 Å². The fourth-order valence-corrected chi connectivity index (χ4v) is 3.07. The predicted molar refractivity (Wildman–Crippen MR) is 85.0 cm³/mol. The molecule has 0 saturated carbocycles. The van der Waals surface area contributed by atoms with Gasteiger partial charge in [-0.2, -0.15) is 0 Å². The van der Waals surface area contributed by atoms with E-state index in [9.17, 15) is 12.8 Å². The van der Waals surface area contributed by atoms with E-state index in [4.69, 9.17) is 18.0 Å². The Morgan fingerprint density at radius 1 is 1.14 bits per heavy atom. The van der Waals surface area contributed by atoms with Crippen LogP contribution in [-0.2, 0) is 15.8 Å². The minimum atomic E-state index is -3.70. The number of hydrogen-bond acceptors (Lipinski definition) is 3. The van der Waals surface area contributed by atoms with Crippen LogP contribution in [0.5, 0.6) is 0 Å². The molecule has 4 nitrogen and oxygen atoms in total. The number of nitrogens with one attached hydrogen (secondary N) is 1. The van der Waals surface area contributed by atoms with Crippen LogP contribution < -0.4 is 10.5 Å². The summed E-state index contributed by atoms with van der Waals surface area (Å²) >= 11 is 4.82. The number of hydrogen-bond donors (Lipinski definition) is 2. The summed E-state index contributed by atoms with van der Waals surface area (Å²) in [5, 5.41) is 0. The lowest BCUT2D eigenvalue weighted by Crippen LogP contribution is -2.16. The normalized spacial score (nSPS) is 11.1. The van der Waals surface area contributed by atoms with Crippen molar-refractivity contribution in [2.24, 2.45) is 5.73 Å². The SMILES string of the molecule is NC(=S)c1ccc(CS(=O)(=O)Nc2ccccc2F)cc1. The molecule has 0 fully saturated rings. The second-order valence-corrected chi connectivity index (χ2v) is 6.56. The van der Waals surface area contributed by atoms with Crippen LogP contribution in [0.3, 0.4) is 0 Å². The van der Waals surface area contributed by atoms with Crippen LogP contribution in [0.25, 0.3) is 0 Å². The highest BCUT2D eigenvalue weighted by Crippen LogP contribution is 2.16. The second-order valence-electron chi connectivity index (χ2n) is 4.40. The zero-order valence-corrected chi connectivity index (χ0v) is 12.5. The smallest absolute Gasteiger partial charge is 0.237 e. The summed E-state index contributed by atoms with van der Waals surface area (Å²) < 4.78 is 39.7. The molecule has 0 amide bonds. The molecule has 2 aromatic carbocycles. The van der Waals surface area contributed by atoms with Crippen molar-refractivity contribution in [3.05, 3.63) is 65.5 Å². The molecule has 0 unspecified atom stereocenters. The van der Waals surface area contributed by atoms with E-state index in [1.165, 1.54) is 18.2 Å². The molecular weight excluding hydrogens is 311 g/mol. The largest absolute Gasteiger partial charge is 0.389 e. The lowest BCUT2D eigenvalue weighted by Gasteiger charge is -2.09. The van der Waals surface area contributed by atoms with Crippen LogP contribution in [0.4, 0.5) is 10.1 Å². The molecule has 0 aliphatic rings. The van der Waals surface area contributed by atoms with E-state index >= 15 is 0 Å². The third-order valence-electron chi connectivity index (χ3n) is 2.73. The Kier molecular flexibility index (Phi) is 4.54. The molecule has 0 aliphatic heterocycles. The van der Waals surface area contributed by atoms with Gasteiger partial charge in [0.2, 0.25) is 10.0 Å². The third kappa shape index (κ3) is 4.24. The summed E-state index contributed by atoms with van der Waals surface area (Å²) in [5.74, 6) is -0.885. The molecule has 0 aromatic heterocycles. The number of halogens is 1. The Morgan fingerprint density at radius 2 is 1.76 bits per heavy atom. The molecule has 0 aliphatic carbocycles. The highest BCUT2D eigenvalue weighted by atomic mass is 32.2. The molecule has 110 valence electrons. The van der Waals surface area contributed by atoms with Crippen molar-refractivity contribution in [1.29, 1.82) is 0 Å². The van der Waals surface area contributed by atoms with Gasteiger partial charge in [-0.25, -0.2) is 12.8 Å². The summed E-state index contributed by atoms with van der Waals surface area (Å²) in [6.45, 7) is 0. The van der Waals surface area contributed by atoms with Gasteiger partial charge in [0.05, 0.1) is 11.4 Å². The lowest BCUT2D eigenvalue weighted by molar-refractivity contribution is 0.598. The molecular formula is C14H13FN2O2S2. The first kappa shape index (κ1) is 15.4. The molecule has 0 atom stereocenters. The Balaban J connectivity index is 2.14. The van der Waals surface area contributed by atoms with Gasteiger partial charge in [0.25, 0.3) is 0 Å². The van der Waals surface area contributed by atoms with E-state index in [0.29, 0.717) is 11.1 Å². The standard InChI is InChI=1S/C14H13FN2O2S2/c15-12-3-1-2-4-13(12)17-21(18,19)9-10-5-7-11(8-6-10)14(16)20/h1-8,17H,9H2,(H2,16,20). The maximum absolute atomic E-state index is 13.4. The minimum absolute atomic E-state index is 0.0720. The average Bonchev–Trinajstić information content (AvgIpc) is 2.41. The Labute approximate surface area is 127 Å². The van der Waals surface area contributed by atoms with Gasteiger partial charge in [-0.15, -0.1) is 0 Å². The van der Waals surface area contributed by atoms with Crippen molar-refractivity contribution >= 4 is 32.9 Å². The molecule has 0 radical (unpaired) electrons. The quantitative estimate of drug-likeness (QED) is 0.829. The van der Waals surface area contributed by atoms with Crippen molar-refractivity contribution in [1.82, 2.24) is 0 Å². The lowest BCUT2D eigenvalue weighted by atomic mass is 10.1. The van der Waals surface area contributed by atoms with Gasteiger partial charge in [0, 0.05) is 5.56 Å². The van der Waals surface area contributed by atoms with Gasteiger partial charge in [-0.1, -0.05) is 48.6 Å². The zero-order valence-electron chi connectivity index (χ0n) is 10.9. The molecule has 3 N–H and O–H groups in total. The van der Waals surface area contributed by atoms with E-state index < -0.39 is 15.8 Å². The summed E-state index contributed by atoms with van der Waals surface area (Å²) in [6, 6.07) is 12.1. The van der Waals surface area contributed by atoms with Crippen LogP contribution >= 0.6 is 12.2 Å². The van der Waals surface area contributed by atoms with Crippen molar-refractivity contribution in [3.8, 4) is 0 Å². The first-order chi connectivity index (χ1) is 9.87. The molecule has 21 heavy (non-hydrogen) atoms. The number of para-hydroxylation sites is 1. The molecule has 2 aromatic rings. The van der Waals surface area contributed by atoms with E-state index in [0.717, 1.165) is 0 Å². The number of anilines is 1. The average molecular weight is 324 g/mol. The maximum Gasteiger partial charge on any atom is 0.237 e. The molecule has 7 heteroatoms. The number of rotatable bonds is 5. The topological polar surface area (TPSA) is 72.2 Å². The number of thiocarbonyl (C=S) groups is 1. The van der Waals surface area contributed by atoms with Gasteiger partial charge in [-0.05, 0) is 17.7 Å². The summed E-state index contributed by atoms with van der Waals surface area (Å²) in [7, 11) is -3.70. The monoisotopic (exact) mass is 324 g/mol.